The third-order valence-corrected chi connectivity index (χ3v) is 5.79. The fraction of sp³-hybridized carbons (Fsp3) is 0.636. The molecule has 2 N–H and O–H groups in total. The number of nitrogens with zero attached hydrogens (tertiary/aromatic N) is 3. The largest absolute Gasteiger partial charge is 0.489 e. The van der Waals surface area contributed by atoms with Crippen molar-refractivity contribution in [2.24, 2.45) is 10.9 Å². The van der Waals surface area contributed by atoms with Crippen LogP contribution in [0.2, 0.25) is 0 Å². The van der Waals surface area contributed by atoms with Crippen LogP contribution in [-0.2, 0) is 4.79 Å². The molecule has 2 fully saturated rings. The minimum atomic E-state index is -0.274. The fourth-order valence-electron chi connectivity index (χ4n) is 3.69. The average Bonchev–Trinajstić information content (AvgIpc) is 2.71. The number of hydrogen-bond donors (Lipinski definition) is 2. The predicted molar refractivity (Wildman–Crippen MR) is 116 cm³/mol. The first-order valence-electron chi connectivity index (χ1n) is 10.9. The number of amides is 1. The van der Waals surface area contributed by atoms with E-state index in [1.165, 1.54) is 18.6 Å². The van der Waals surface area contributed by atoms with Crippen molar-refractivity contribution in [3.05, 3.63) is 30.1 Å². The van der Waals surface area contributed by atoms with Gasteiger partial charge in [-0.25, -0.2) is 4.39 Å². The van der Waals surface area contributed by atoms with Gasteiger partial charge in [-0.2, -0.15) is 0 Å². The lowest BCUT2D eigenvalue weighted by molar-refractivity contribution is -0.139. The molecular weight excluding hydrogens is 385 g/mol. The van der Waals surface area contributed by atoms with E-state index >= 15 is 0 Å². The average molecular weight is 420 g/mol. The Morgan fingerprint density at radius 3 is 2.50 bits per heavy atom. The molecule has 0 radical (unpaired) electrons. The number of ether oxygens (including phenoxy) is 1. The number of nitrogens with one attached hydrogen (secondary N) is 2. The van der Waals surface area contributed by atoms with Crippen molar-refractivity contribution >= 4 is 11.9 Å². The second-order valence-corrected chi connectivity index (χ2v) is 8.06. The van der Waals surface area contributed by atoms with E-state index in [-0.39, 0.29) is 11.9 Å². The number of piperazine rings is 1. The minimum Gasteiger partial charge on any atom is -0.489 e. The van der Waals surface area contributed by atoms with E-state index in [1.54, 1.807) is 19.2 Å². The molecule has 0 bridgehead atoms. The molecule has 1 aromatic rings. The molecule has 166 valence electrons. The molecule has 1 saturated heterocycles. The highest BCUT2D eigenvalue weighted by atomic mass is 19.1. The van der Waals surface area contributed by atoms with Crippen molar-refractivity contribution in [2.75, 3.05) is 52.9 Å². The molecule has 1 atom stereocenters. The molecule has 1 heterocycles. The molecule has 7 nitrogen and oxygen atoms in total. The molecule has 1 aliphatic carbocycles. The number of benzene rings is 1. The highest BCUT2D eigenvalue weighted by molar-refractivity contribution is 5.80. The Kier molecular flexibility index (Phi) is 8.30. The summed E-state index contributed by atoms with van der Waals surface area (Å²) in [6.45, 7) is 7.74. The van der Waals surface area contributed by atoms with E-state index in [1.807, 2.05) is 11.8 Å². The maximum Gasteiger partial charge on any atom is 0.225 e. The molecule has 1 amide bonds. The molecule has 2 aliphatic rings. The molecule has 30 heavy (non-hydrogen) atoms. The number of rotatable bonds is 8. The molecule has 1 unspecified atom stereocenters. The number of aliphatic imine (C=N–C) groups is 1. The second kappa shape index (κ2) is 11.2. The maximum atomic E-state index is 13.0. The third kappa shape index (κ3) is 6.58. The second-order valence-electron chi connectivity index (χ2n) is 8.06. The van der Waals surface area contributed by atoms with Crippen LogP contribution in [0, 0.1) is 11.7 Å². The zero-order chi connectivity index (χ0) is 21.3. The Morgan fingerprint density at radius 2 is 1.90 bits per heavy atom. The van der Waals surface area contributed by atoms with Crippen LogP contribution < -0.4 is 15.4 Å². The van der Waals surface area contributed by atoms with Crippen molar-refractivity contribution in [3.63, 3.8) is 0 Å². The Balaban J connectivity index is 1.29. The Hall–Kier alpha value is -2.35. The van der Waals surface area contributed by atoms with Crippen molar-refractivity contribution in [2.45, 2.75) is 32.3 Å². The topological polar surface area (TPSA) is 69.2 Å². The molecule has 1 saturated carbocycles. The van der Waals surface area contributed by atoms with Crippen LogP contribution in [-0.4, -0.2) is 80.6 Å². The van der Waals surface area contributed by atoms with Crippen LogP contribution >= 0.6 is 0 Å². The number of carbonyl (C=O) groups is 1. The minimum absolute atomic E-state index is 0.0877. The fourth-order valence-corrected chi connectivity index (χ4v) is 3.69. The Morgan fingerprint density at radius 1 is 1.20 bits per heavy atom. The predicted octanol–water partition coefficient (Wildman–Crippen LogP) is 1.70. The van der Waals surface area contributed by atoms with Crippen LogP contribution in [0.4, 0.5) is 4.39 Å². The Bertz CT molecular complexity index is 700. The highest BCUT2D eigenvalue weighted by Crippen LogP contribution is 2.28. The van der Waals surface area contributed by atoms with Gasteiger partial charge in [0.05, 0.1) is 6.54 Å². The summed E-state index contributed by atoms with van der Waals surface area (Å²) in [5.41, 5.74) is 0. The third-order valence-electron chi connectivity index (χ3n) is 5.79. The lowest BCUT2D eigenvalue weighted by Gasteiger charge is -2.38. The summed E-state index contributed by atoms with van der Waals surface area (Å²) in [5, 5.41) is 6.58. The monoisotopic (exact) mass is 419 g/mol. The molecule has 8 heteroatoms. The van der Waals surface area contributed by atoms with E-state index in [0.29, 0.717) is 24.1 Å². The first-order chi connectivity index (χ1) is 14.5. The maximum absolute atomic E-state index is 13.0. The van der Waals surface area contributed by atoms with Gasteiger partial charge in [-0.05, 0) is 44.0 Å². The smallest absolute Gasteiger partial charge is 0.225 e. The number of hydrogen-bond acceptors (Lipinski definition) is 4. The van der Waals surface area contributed by atoms with Gasteiger partial charge < -0.3 is 20.3 Å². The van der Waals surface area contributed by atoms with Crippen LogP contribution in [0.1, 0.15) is 26.2 Å². The number of halogens is 1. The Labute approximate surface area is 178 Å². The zero-order valence-electron chi connectivity index (χ0n) is 18.1. The van der Waals surface area contributed by atoms with Crippen LogP contribution in [0.25, 0.3) is 0 Å². The SMILES string of the molecule is CN=C(NCCN1CCN(C(=O)C2CCC2)CC1)NCC(C)Oc1ccc(F)cc1. The first kappa shape index (κ1) is 22.3. The van der Waals surface area contributed by atoms with E-state index in [0.717, 1.165) is 58.1 Å². The van der Waals surface area contributed by atoms with Gasteiger partial charge in [0.15, 0.2) is 5.96 Å². The van der Waals surface area contributed by atoms with Gasteiger partial charge in [0, 0.05) is 52.2 Å². The van der Waals surface area contributed by atoms with Gasteiger partial charge in [0.1, 0.15) is 17.7 Å². The van der Waals surface area contributed by atoms with Gasteiger partial charge >= 0.3 is 0 Å². The van der Waals surface area contributed by atoms with Crippen molar-refractivity contribution in [1.82, 2.24) is 20.4 Å². The molecular formula is C22H34FN5O2. The van der Waals surface area contributed by atoms with Crippen LogP contribution in [0.15, 0.2) is 29.3 Å². The van der Waals surface area contributed by atoms with Gasteiger partial charge in [0.25, 0.3) is 0 Å². The molecule has 3 rings (SSSR count). The lowest BCUT2D eigenvalue weighted by atomic mass is 9.84. The van der Waals surface area contributed by atoms with E-state index in [2.05, 4.69) is 20.5 Å². The van der Waals surface area contributed by atoms with Gasteiger partial charge in [-0.3, -0.25) is 14.7 Å². The van der Waals surface area contributed by atoms with Gasteiger partial charge in [-0.1, -0.05) is 6.42 Å². The van der Waals surface area contributed by atoms with E-state index in [4.69, 9.17) is 4.74 Å². The number of carbonyl (C=O) groups excluding carboxylic acids is 1. The summed E-state index contributed by atoms with van der Waals surface area (Å²) in [5.74, 6) is 1.75. The molecule has 0 spiro atoms. The summed E-state index contributed by atoms with van der Waals surface area (Å²) in [6.07, 6.45) is 3.26. The summed E-state index contributed by atoms with van der Waals surface area (Å²) < 4.78 is 18.7. The quantitative estimate of drug-likeness (QED) is 0.496. The molecule has 1 aromatic carbocycles. The lowest BCUT2D eigenvalue weighted by Crippen LogP contribution is -2.52. The van der Waals surface area contributed by atoms with E-state index < -0.39 is 0 Å². The van der Waals surface area contributed by atoms with Crippen LogP contribution in [0.3, 0.4) is 0 Å². The van der Waals surface area contributed by atoms with Gasteiger partial charge in [-0.15, -0.1) is 0 Å². The van der Waals surface area contributed by atoms with Gasteiger partial charge in [0.2, 0.25) is 5.91 Å². The summed E-state index contributed by atoms with van der Waals surface area (Å²) in [6, 6.07) is 6.02. The van der Waals surface area contributed by atoms with Crippen molar-refractivity contribution < 1.29 is 13.9 Å². The highest BCUT2D eigenvalue weighted by Gasteiger charge is 2.30. The van der Waals surface area contributed by atoms with Crippen molar-refractivity contribution in [1.29, 1.82) is 0 Å². The zero-order valence-corrected chi connectivity index (χ0v) is 18.1. The van der Waals surface area contributed by atoms with E-state index in [9.17, 15) is 9.18 Å². The molecule has 1 aliphatic heterocycles. The number of guanidine groups is 1. The summed E-state index contributed by atoms with van der Waals surface area (Å²) in [7, 11) is 1.74. The standard InChI is InChI=1S/C22H34FN5O2/c1-17(30-20-8-6-19(23)7-9-20)16-26-22(24-2)25-10-11-27-12-14-28(15-13-27)21(29)18-4-3-5-18/h6-9,17-18H,3-5,10-16H2,1-2H3,(H2,24,25,26). The molecule has 0 aromatic heterocycles. The summed E-state index contributed by atoms with van der Waals surface area (Å²) in [4.78, 5) is 21.0. The first-order valence-corrected chi connectivity index (χ1v) is 10.9. The van der Waals surface area contributed by atoms with Crippen LogP contribution in [0.5, 0.6) is 5.75 Å². The normalized spacial score (nSPS) is 19.2. The van der Waals surface area contributed by atoms with Crippen molar-refractivity contribution in [3.8, 4) is 5.75 Å². The summed E-state index contributed by atoms with van der Waals surface area (Å²) >= 11 is 0.